The third-order valence-electron chi connectivity index (χ3n) is 4.19. The first kappa shape index (κ1) is 19.7. The maximum atomic E-state index is 12.0. The molecule has 0 aliphatic heterocycles. The van der Waals surface area contributed by atoms with Gasteiger partial charge in [0.2, 0.25) is 5.91 Å². The average molecular weight is 319 g/mol. The van der Waals surface area contributed by atoms with Crippen LogP contribution in [0.3, 0.4) is 0 Å². The van der Waals surface area contributed by atoms with Crippen LogP contribution < -0.4 is 10.6 Å². The monoisotopic (exact) mass is 318 g/mol. The first-order valence-corrected chi connectivity index (χ1v) is 8.95. The lowest BCUT2D eigenvalue weighted by molar-refractivity contribution is -0.122. The van der Waals surface area contributed by atoms with Gasteiger partial charge in [0.25, 0.3) is 0 Å². The normalized spacial score (nSPS) is 11.5. The van der Waals surface area contributed by atoms with E-state index in [1.54, 1.807) is 0 Å². The molecule has 0 saturated heterocycles. The van der Waals surface area contributed by atoms with Crippen molar-refractivity contribution in [3.63, 3.8) is 0 Å². The van der Waals surface area contributed by atoms with Gasteiger partial charge >= 0.3 is 0 Å². The molecule has 0 atom stereocenters. The highest BCUT2D eigenvalue weighted by atomic mass is 16.1. The summed E-state index contributed by atoms with van der Waals surface area (Å²) in [5.41, 5.74) is 2.68. The van der Waals surface area contributed by atoms with Crippen LogP contribution in [0.5, 0.6) is 0 Å². The summed E-state index contributed by atoms with van der Waals surface area (Å²) in [4.78, 5) is 12.0. The summed E-state index contributed by atoms with van der Waals surface area (Å²) in [6.07, 6.45) is 2.53. The smallest absolute Gasteiger partial charge is 0.220 e. The summed E-state index contributed by atoms with van der Waals surface area (Å²) < 4.78 is 0. The molecule has 0 fully saturated rings. The highest BCUT2D eigenvalue weighted by Crippen LogP contribution is 2.12. The fourth-order valence-corrected chi connectivity index (χ4v) is 2.96. The van der Waals surface area contributed by atoms with Gasteiger partial charge in [-0.15, -0.1) is 0 Å². The number of amides is 1. The van der Waals surface area contributed by atoms with Crippen LogP contribution in [0.4, 0.5) is 0 Å². The number of aryl methyl sites for hydroxylation is 1. The Hall–Kier alpha value is -1.35. The summed E-state index contributed by atoms with van der Waals surface area (Å²) >= 11 is 0. The maximum absolute atomic E-state index is 12.0. The van der Waals surface area contributed by atoms with Crippen molar-refractivity contribution in [2.45, 2.75) is 59.9 Å². The molecule has 1 rings (SSSR count). The Bertz CT molecular complexity index is 460. The van der Waals surface area contributed by atoms with Crippen LogP contribution in [-0.2, 0) is 11.2 Å². The predicted octanol–water partition coefficient (Wildman–Crippen LogP) is 3.70. The van der Waals surface area contributed by atoms with Gasteiger partial charge in [0.15, 0.2) is 0 Å². The SMILES string of the molecule is Cc1cccc(CCNCCCC(=O)NC(C(C)C)C(C)C)c1. The molecule has 0 aliphatic rings. The van der Waals surface area contributed by atoms with Crippen molar-refractivity contribution in [1.29, 1.82) is 0 Å². The Morgan fingerprint density at radius 3 is 2.39 bits per heavy atom. The summed E-state index contributed by atoms with van der Waals surface area (Å²) in [6.45, 7) is 12.6. The quantitative estimate of drug-likeness (QED) is 0.646. The van der Waals surface area contributed by atoms with Crippen molar-refractivity contribution in [2.75, 3.05) is 13.1 Å². The topological polar surface area (TPSA) is 41.1 Å². The number of carbonyl (C=O) groups excluding carboxylic acids is 1. The molecule has 0 heterocycles. The van der Waals surface area contributed by atoms with Crippen LogP contribution in [0.25, 0.3) is 0 Å². The molecular formula is C20H34N2O. The molecule has 23 heavy (non-hydrogen) atoms. The van der Waals surface area contributed by atoms with Gasteiger partial charge in [-0.2, -0.15) is 0 Å². The Balaban J connectivity index is 2.13. The van der Waals surface area contributed by atoms with Gasteiger partial charge in [-0.1, -0.05) is 57.5 Å². The largest absolute Gasteiger partial charge is 0.353 e. The van der Waals surface area contributed by atoms with Crippen LogP contribution in [0.15, 0.2) is 24.3 Å². The number of benzene rings is 1. The zero-order valence-electron chi connectivity index (χ0n) is 15.5. The third-order valence-corrected chi connectivity index (χ3v) is 4.19. The van der Waals surface area contributed by atoms with Gasteiger partial charge in [-0.3, -0.25) is 4.79 Å². The molecule has 3 nitrogen and oxygen atoms in total. The molecule has 1 aromatic carbocycles. The van der Waals surface area contributed by atoms with Gasteiger partial charge < -0.3 is 10.6 Å². The second-order valence-electron chi connectivity index (χ2n) is 7.17. The lowest BCUT2D eigenvalue weighted by atomic mass is 9.93. The van der Waals surface area contributed by atoms with E-state index in [-0.39, 0.29) is 11.9 Å². The molecule has 0 aliphatic carbocycles. The Labute approximate surface area is 142 Å². The van der Waals surface area contributed by atoms with Crippen LogP contribution >= 0.6 is 0 Å². The van der Waals surface area contributed by atoms with Crippen molar-refractivity contribution in [2.24, 2.45) is 11.8 Å². The van der Waals surface area contributed by atoms with Crippen LogP contribution in [0.2, 0.25) is 0 Å². The minimum absolute atomic E-state index is 0.179. The van der Waals surface area contributed by atoms with E-state index in [1.165, 1.54) is 11.1 Å². The van der Waals surface area contributed by atoms with E-state index >= 15 is 0 Å². The Morgan fingerprint density at radius 1 is 1.09 bits per heavy atom. The molecular weight excluding hydrogens is 284 g/mol. The van der Waals surface area contributed by atoms with E-state index in [1.807, 2.05) is 0 Å². The van der Waals surface area contributed by atoms with E-state index in [2.05, 4.69) is 69.5 Å². The lowest BCUT2D eigenvalue weighted by Crippen LogP contribution is -2.42. The zero-order valence-corrected chi connectivity index (χ0v) is 15.5. The van der Waals surface area contributed by atoms with Crippen LogP contribution in [0.1, 0.15) is 51.7 Å². The van der Waals surface area contributed by atoms with Crippen LogP contribution in [-0.4, -0.2) is 25.0 Å². The molecule has 1 amide bonds. The van der Waals surface area contributed by atoms with Crippen molar-refractivity contribution in [1.82, 2.24) is 10.6 Å². The minimum atomic E-state index is 0.179. The highest BCUT2D eigenvalue weighted by molar-refractivity contribution is 5.76. The molecule has 0 unspecified atom stereocenters. The fourth-order valence-electron chi connectivity index (χ4n) is 2.96. The third kappa shape index (κ3) is 8.17. The molecule has 0 spiro atoms. The summed E-state index contributed by atoms with van der Waals surface area (Å²) in [5.74, 6) is 1.13. The van der Waals surface area contributed by atoms with Gasteiger partial charge in [-0.25, -0.2) is 0 Å². The maximum Gasteiger partial charge on any atom is 0.220 e. The van der Waals surface area contributed by atoms with E-state index in [0.29, 0.717) is 18.3 Å². The summed E-state index contributed by atoms with van der Waals surface area (Å²) in [6, 6.07) is 8.90. The lowest BCUT2D eigenvalue weighted by Gasteiger charge is -2.26. The standard InChI is InChI=1S/C20H34N2O/c1-15(2)20(16(3)4)22-19(23)10-7-12-21-13-11-18-9-6-8-17(5)14-18/h6,8-9,14-16,20-21H,7,10-13H2,1-5H3,(H,22,23). The highest BCUT2D eigenvalue weighted by Gasteiger charge is 2.19. The number of carbonyl (C=O) groups is 1. The molecule has 1 aromatic rings. The molecule has 130 valence electrons. The first-order valence-electron chi connectivity index (χ1n) is 8.95. The van der Waals surface area contributed by atoms with Gasteiger partial charge in [0.05, 0.1) is 0 Å². The second-order valence-corrected chi connectivity index (χ2v) is 7.17. The van der Waals surface area contributed by atoms with Crippen molar-refractivity contribution < 1.29 is 4.79 Å². The Morgan fingerprint density at radius 2 is 1.78 bits per heavy atom. The second kappa shape index (κ2) is 10.4. The summed E-state index contributed by atoms with van der Waals surface area (Å²) in [7, 11) is 0. The first-order chi connectivity index (χ1) is 10.9. The number of hydrogen-bond acceptors (Lipinski definition) is 2. The molecule has 0 bridgehead atoms. The van der Waals surface area contributed by atoms with E-state index in [9.17, 15) is 4.79 Å². The fraction of sp³-hybridized carbons (Fsp3) is 0.650. The molecule has 0 aromatic heterocycles. The summed E-state index contributed by atoms with van der Waals surface area (Å²) in [5, 5.41) is 6.60. The predicted molar refractivity (Wildman–Crippen MR) is 98.6 cm³/mol. The average Bonchev–Trinajstić information content (AvgIpc) is 2.47. The molecule has 0 radical (unpaired) electrons. The zero-order chi connectivity index (χ0) is 17.2. The van der Waals surface area contributed by atoms with E-state index in [0.717, 1.165) is 25.9 Å². The van der Waals surface area contributed by atoms with Gasteiger partial charge in [0.1, 0.15) is 0 Å². The van der Waals surface area contributed by atoms with Gasteiger partial charge in [-0.05, 0) is 50.3 Å². The number of rotatable bonds is 10. The van der Waals surface area contributed by atoms with Gasteiger partial charge in [0, 0.05) is 12.5 Å². The number of hydrogen-bond donors (Lipinski definition) is 2. The van der Waals surface area contributed by atoms with Crippen molar-refractivity contribution >= 4 is 5.91 Å². The number of nitrogens with one attached hydrogen (secondary N) is 2. The van der Waals surface area contributed by atoms with Crippen molar-refractivity contribution in [3.05, 3.63) is 35.4 Å². The van der Waals surface area contributed by atoms with E-state index in [4.69, 9.17) is 0 Å². The Kier molecular flexibility index (Phi) is 8.93. The van der Waals surface area contributed by atoms with Crippen LogP contribution in [0, 0.1) is 18.8 Å². The van der Waals surface area contributed by atoms with Crippen molar-refractivity contribution in [3.8, 4) is 0 Å². The molecule has 3 heteroatoms. The minimum Gasteiger partial charge on any atom is -0.353 e. The van der Waals surface area contributed by atoms with E-state index < -0.39 is 0 Å². The molecule has 0 saturated carbocycles. The molecule has 2 N–H and O–H groups in total.